The van der Waals surface area contributed by atoms with Gasteiger partial charge >= 0.3 is 0 Å². The Balaban J connectivity index is 2.63. The summed E-state index contributed by atoms with van der Waals surface area (Å²) in [5, 5.41) is 0. The number of rotatable bonds is 8. The summed E-state index contributed by atoms with van der Waals surface area (Å²) in [5.41, 5.74) is 1.16. The molecule has 0 radical (unpaired) electrons. The SMILES string of the molecule is COCCCNS(=O)(=O)c1ccc(CC(C)C)cc1. The molecule has 0 spiro atoms. The molecule has 1 N–H and O–H groups in total. The Hall–Kier alpha value is -0.910. The minimum absolute atomic E-state index is 0.317. The quantitative estimate of drug-likeness (QED) is 0.745. The van der Waals surface area contributed by atoms with Crippen molar-refractivity contribution in [3.05, 3.63) is 29.8 Å². The van der Waals surface area contributed by atoms with E-state index in [4.69, 9.17) is 4.74 Å². The van der Waals surface area contributed by atoms with Gasteiger partial charge in [-0.3, -0.25) is 0 Å². The summed E-state index contributed by atoms with van der Waals surface area (Å²) in [6.45, 7) is 5.23. The molecule has 1 rings (SSSR count). The van der Waals surface area contributed by atoms with Crippen LogP contribution in [-0.2, 0) is 21.2 Å². The topological polar surface area (TPSA) is 55.4 Å². The molecule has 0 bridgehead atoms. The van der Waals surface area contributed by atoms with Crippen LogP contribution in [0, 0.1) is 5.92 Å². The fourth-order valence-electron chi connectivity index (χ4n) is 1.78. The van der Waals surface area contributed by atoms with Crippen LogP contribution in [0.25, 0.3) is 0 Å². The lowest BCUT2D eigenvalue weighted by atomic mass is 10.0. The van der Waals surface area contributed by atoms with Crippen molar-refractivity contribution in [1.29, 1.82) is 0 Å². The molecule has 0 fully saturated rings. The van der Waals surface area contributed by atoms with Gasteiger partial charge in [0.15, 0.2) is 0 Å². The van der Waals surface area contributed by atoms with Crippen LogP contribution in [0.1, 0.15) is 25.8 Å². The van der Waals surface area contributed by atoms with Crippen molar-refractivity contribution in [2.75, 3.05) is 20.3 Å². The van der Waals surface area contributed by atoms with E-state index in [0.717, 1.165) is 12.0 Å². The molecule has 0 amide bonds. The van der Waals surface area contributed by atoms with Crippen LogP contribution >= 0.6 is 0 Å². The predicted molar refractivity (Wildman–Crippen MR) is 76.7 cm³/mol. The van der Waals surface area contributed by atoms with Crippen molar-refractivity contribution in [3.63, 3.8) is 0 Å². The third-order valence-electron chi connectivity index (χ3n) is 2.69. The van der Waals surface area contributed by atoms with Gasteiger partial charge in [0, 0.05) is 20.3 Å². The third-order valence-corrected chi connectivity index (χ3v) is 4.17. The molecule has 0 saturated heterocycles. The van der Waals surface area contributed by atoms with E-state index in [2.05, 4.69) is 18.6 Å². The van der Waals surface area contributed by atoms with Crippen LogP contribution in [0.15, 0.2) is 29.2 Å². The molecule has 0 heterocycles. The van der Waals surface area contributed by atoms with Gasteiger partial charge in [0.05, 0.1) is 4.90 Å². The number of nitrogens with one attached hydrogen (secondary N) is 1. The molecular formula is C14H23NO3S. The Kier molecular flexibility index (Phi) is 6.48. The second kappa shape index (κ2) is 7.62. The molecule has 0 atom stereocenters. The molecule has 0 aromatic heterocycles. The minimum atomic E-state index is -3.39. The molecule has 0 aliphatic rings. The van der Waals surface area contributed by atoms with Gasteiger partial charge in [0.25, 0.3) is 0 Å². The van der Waals surface area contributed by atoms with Gasteiger partial charge < -0.3 is 4.74 Å². The van der Waals surface area contributed by atoms with Crippen LogP contribution in [0.5, 0.6) is 0 Å². The van der Waals surface area contributed by atoms with E-state index in [1.54, 1.807) is 19.2 Å². The maximum atomic E-state index is 12.0. The van der Waals surface area contributed by atoms with E-state index in [1.807, 2.05) is 12.1 Å². The van der Waals surface area contributed by atoms with Gasteiger partial charge in [0.2, 0.25) is 10.0 Å². The standard InChI is InChI=1S/C14H23NO3S/c1-12(2)11-13-5-7-14(8-6-13)19(16,17)15-9-4-10-18-3/h5-8,12,15H,4,9-11H2,1-3H3. The van der Waals surface area contributed by atoms with E-state index in [-0.39, 0.29) is 0 Å². The van der Waals surface area contributed by atoms with Crippen molar-refractivity contribution in [2.45, 2.75) is 31.6 Å². The average molecular weight is 285 g/mol. The summed E-state index contributed by atoms with van der Waals surface area (Å²) in [5.74, 6) is 0.564. The van der Waals surface area contributed by atoms with Crippen LogP contribution in [0.2, 0.25) is 0 Å². The second-order valence-corrected chi connectivity index (χ2v) is 6.75. The van der Waals surface area contributed by atoms with Gasteiger partial charge in [-0.2, -0.15) is 0 Å². The molecule has 0 aliphatic heterocycles. The van der Waals surface area contributed by atoms with Gasteiger partial charge in [-0.25, -0.2) is 13.1 Å². The Morgan fingerprint density at radius 1 is 1.21 bits per heavy atom. The fraction of sp³-hybridized carbons (Fsp3) is 0.571. The Morgan fingerprint density at radius 3 is 2.37 bits per heavy atom. The highest BCUT2D eigenvalue weighted by molar-refractivity contribution is 7.89. The highest BCUT2D eigenvalue weighted by Gasteiger charge is 2.12. The van der Waals surface area contributed by atoms with Crippen molar-refractivity contribution in [2.24, 2.45) is 5.92 Å². The van der Waals surface area contributed by atoms with Crippen molar-refractivity contribution in [1.82, 2.24) is 4.72 Å². The minimum Gasteiger partial charge on any atom is -0.385 e. The van der Waals surface area contributed by atoms with Crippen LogP contribution in [-0.4, -0.2) is 28.7 Å². The number of ether oxygens (including phenoxy) is 1. The lowest BCUT2D eigenvalue weighted by molar-refractivity contribution is 0.196. The first-order valence-electron chi connectivity index (χ1n) is 6.53. The summed E-state index contributed by atoms with van der Waals surface area (Å²) in [6, 6.07) is 7.08. The van der Waals surface area contributed by atoms with Crippen molar-refractivity contribution >= 4 is 10.0 Å². The smallest absolute Gasteiger partial charge is 0.240 e. The molecule has 0 aliphatic carbocycles. The fourth-order valence-corrected chi connectivity index (χ4v) is 2.86. The van der Waals surface area contributed by atoms with Crippen molar-refractivity contribution in [3.8, 4) is 0 Å². The summed E-state index contributed by atoms with van der Waals surface area (Å²) >= 11 is 0. The molecule has 1 aromatic rings. The first-order valence-corrected chi connectivity index (χ1v) is 8.01. The number of benzene rings is 1. The van der Waals surface area contributed by atoms with E-state index in [1.165, 1.54) is 0 Å². The lowest BCUT2D eigenvalue weighted by Gasteiger charge is -2.08. The highest BCUT2D eigenvalue weighted by Crippen LogP contribution is 2.13. The second-order valence-electron chi connectivity index (χ2n) is 4.99. The van der Waals surface area contributed by atoms with E-state index in [9.17, 15) is 8.42 Å². The van der Waals surface area contributed by atoms with Crippen LogP contribution < -0.4 is 4.72 Å². The van der Waals surface area contributed by atoms with Crippen LogP contribution in [0.4, 0.5) is 0 Å². The molecule has 108 valence electrons. The number of sulfonamides is 1. The average Bonchev–Trinajstić information content (AvgIpc) is 2.35. The number of methoxy groups -OCH3 is 1. The zero-order valence-electron chi connectivity index (χ0n) is 11.8. The molecule has 4 nitrogen and oxygen atoms in total. The van der Waals surface area contributed by atoms with Gasteiger partial charge in [-0.05, 0) is 36.5 Å². The number of hydrogen-bond donors (Lipinski definition) is 1. The Bertz CT molecular complexity index is 466. The summed E-state index contributed by atoms with van der Waals surface area (Å²) in [4.78, 5) is 0.317. The molecule has 0 unspecified atom stereocenters. The zero-order chi connectivity index (χ0) is 14.3. The van der Waals surface area contributed by atoms with Gasteiger partial charge in [-0.1, -0.05) is 26.0 Å². The van der Waals surface area contributed by atoms with Crippen molar-refractivity contribution < 1.29 is 13.2 Å². The maximum absolute atomic E-state index is 12.0. The van der Waals surface area contributed by atoms with E-state index in [0.29, 0.717) is 30.4 Å². The zero-order valence-corrected chi connectivity index (χ0v) is 12.7. The predicted octanol–water partition coefficient (Wildman–Crippen LogP) is 2.20. The summed E-state index contributed by atoms with van der Waals surface area (Å²) in [6.07, 6.45) is 1.63. The Morgan fingerprint density at radius 2 is 1.84 bits per heavy atom. The molecular weight excluding hydrogens is 262 g/mol. The van der Waals surface area contributed by atoms with E-state index < -0.39 is 10.0 Å². The number of hydrogen-bond acceptors (Lipinski definition) is 3. The first-order chi connectivity index (χ1) is 8.95. The largest absolute Gasteiger partial charge is 0.385 e. The first kappa shape index (κ1) is 16.1. The lowest BCUT2D eigenvalue weighted by Crippen LogP contribution is -2.25. The molecule has 5 heteroatoms. The van der Waals surface area contributed by atoms with Crippen LogP contribution in [0.3, 0.4) is 0 Å². The van der Waals surface area contributed by atoms with E-state index >= 15 is 0 Å². The molecule has 1 aromatic carbocycles. The normalized spacial score (nSPS) is 12.0. The van der Waals surface area contributed by atoms with Gasteiger partial charge in [-0.15, -0.1) is 0 Å². The van der Waals surface area contributed by atoms with Gasteiger partial charge in [0.1, 0.15) is 0 Å². The highest BCUT2D eigenvalue weighted by atomic mass is 32.2. The summed E-state index contributed by atoms with van der Waals surface area (Å²) in [7, 11) is -1.79. The maximum Gasteiger partial charge on any atom is 0.240 e. The Labute approximate surface area is 116 Å². The molecule has 19 heavy (non-hydrogen) atoms. The monoisotopic (exact) mass is 285 g/mol. The third kappa shape index (κ3) is 5.72. The molecule has 0 saturated carbocycles. The summed E-state index contributed by atoms with van der Waals surface area (Å²) < 4.78 is 31.4.